The van der Waals surface area contributed by atoms with Gasteiger partial charge in [0.15, 0.2) is 0 Å². The van der Waals surface area contributed by atoms with Gasteiger partial charge in [-0.15, -0.1) is 0 Å². The molecule has 1 rings (SSSR count). The second-order valence-electron chi connectivity index (χ2n) is 3.70. The number of benzene rings is 1. The van der Waals surface area contributed by atoms with Crippen molar-refractivity contribution < 1.29 is 4.79 Å². The van der Waals surface area contributed by atoms with Crippen LogP contribution >= 0.6 is 34.2 Å². The lowest BCUT2D eigenvalue weighted by molar-refractivity contribution is 0.0948. The van der Waals surface area contributed by atoms with E-state index in [4.69, 9.17) is 11.6 Å². The molecule has 0 heterocycles. The van der Waals surface area contributed by atoms with Crippen LogP contribution in [-0.2, 0) is 0 Å². The summed E-state index contributed by atoms with van der Waals surface area (Å²) in [6.45, 7) is 4.77. The summed E-state index contributed by atoms with van der Waals surface area (Å²) in [5, 5.41) is 3.35. The zero-order chi connectivity index (χ0) is 11.4. The third-order valence-electron chi connectivity index (χ3n) is 1.86. The number of hydrogen-bond donors (Lipinski definition) is 1. The summed E-state index contributed by atoms with van der Waals surface area (Å²) in [4.78, 5) is 11.8. The van der Waals surface area contributed by atoms with Gasteiger partial charge in [-0.05, 0) is 40.6 Å². The average Bonchev–Trinajstić information content (AvgIpc) is 2.14. The van der Waals surface area contributed by atoms with Crippen molar-refractivity contribution in [1.29, 1.82) is 0 Å². The maximum Gasteiger partial charge on any atom is 0.253 e. The van der Waals surface area contributed by atoms with Gasteiger partial charge >= 0.3 is 0 Å². The number of rotatable bonds is 3. The van der Waals surface area contributed by atoms with Crippen LogP contribution in [0.1, 0.15) is 24.2 Å². The lowest BCUT2D eigenvalue weighted by atomic mass is 10.2. The maximum absolute atomic E-state index is 11.8. The Bertz CT molecular complexity index is 345. The third kappa shape index (κ3) is 3.65. The normalized spacial score (nSPS) is 10.5. The third-order valence-corrected chi connectivity index (χ3v) is 3.07. The Morgan fingerprint density at radius 1 is 1.53 bits per heavy atom. The zero-order valence-electron chi connectivity index (χ0n) is 8.68. The molecule has 0 atom stereocenters. The lowest BCUT2D eigenvalue weighted by Gasteiger charge is -2.10. The molecule has 2 nitrogen and oxygen atoms in total. The van der Waals surface area contributed by atoms with Crippen LogP contribution in [0.4, 0.5) is 0 Å². The van der Waals surface area contributed by atoms with Crippen molar-refractivity contribution in [3.05, 3.63) is 32.4 Å². The van der Waals surface area contributed by atoms with E-state index in [0.29, 0.717) is 23.0 Å². The predicted molar refractivity (Wildman–Crippen MR) is 71.3 cm³/mol. The number of carbonyl (C=O) groups is 1. The highest BCUT2D eigenvalue weighted by Crippen LogP contribution is 2.21. The molecule has 15 heavy (non-hydrogen) atoms. The van der Waals surface area contributed by atoms with Crippen LogP contribution in [0.2, 0.25) is 5.02 Å². The molecule has 0 aliphatic carbocycles. The van der Waals surface area contributed by atoms with Crippen molar-refractivity contribution in [1.82, 2.24) is 5.32 Å². The Morgan fingerprint density at radius 3 is 2.73 bits per heavy atom. The highest BCUT2D eigenvalue weighted by Gasteiger charge is 2.13. The van der Waals surface area contributed by atoms with Gasteiger partial charge in [0.25, 0.3) is 5.91 Å². The number of amides is 1. The van der Waals surface area contributed by atoms with E-state index >= 15 is 0 Å². The molecule has 0 saturated carbocycles. The van der Waals surface area contributed by atoms with E-state index < -0.39 is 0 Å². The van der Waals surface area contributed by atoms with Crippen LogP contribution in [0.15, 0.2) is 18.2 Å². The highest BCUT2D eigenvalue weighted by molar-refractivity contribution is 14.1. The molecule has 0 aliphatic heterocycles. The van der Waals surface area contributed by atoms with E-state index in [0.717, 1.165) is 3.57 Å². The standard InChI is InChI=1S/C11H13ClINO/c1-7(2)6-14-11(15)10-8(12)4-3-5-9(10)13/h3-5,7H,6H2,1-2H3,(H,14,15). The van der Waals surface area contributed by atoms with E-state index in [1.54, 1.807) is 6.07 Å². The van der Waals surface area contributed by atoms with Gasteiger partial charge in [0.05, 0.1) is 10.6 Å². The summed E-state index contributed by atoms with van der Waals surface area (Å²) >= 11 is 8.09. The fourth-order valence-electron chi connectivity index (χ4n) is 1.10. The topological polar surface area (TPSA) is 29.1 Å². The molecule has 0 aliphatic rings. The minimum absolute atomic E-state index is 0.0984. The van der Waals surface area contributed by atoms with Gasteiger partial charge in [-0.25, -0.2) is 0 Å². The molecule has 4 heteroatoms. The molecule has 82 valence electrons. The predicted octanol–water partition coefficient (Wildman–Crippen LogP) is 3.33. The number of hydrogen-bond acceptors (Lipinski definition) is 1. The van der Waals surface area contributed by atoms with E-state index in [1.165, 1.54) is 0 Å². The van der Waals surface area contributed by atoms with E-state index in [2.05, 4.69) is 41.8 Å². The van der Waals surface area contributed by atoms with Crippen molar-refractivity contribution in [3.63, 3.8) is 0 Å². The summed E-state index contributed by atoms with van der Waals surface area (Å²) in [5.74, 6) is 0.341. The monoisotopic (exact) mass is 337 g/mol. The molecule has 0 saturated heterocycles. The molecule has 1 aromatic carbocycles. The first-order valence-corrected chi connectivity index (χ1v) is 6.20. The first kappa shape index (κ1) is 12.8. The summed E-state index contributed by atoms with van der Waals surface area (Å²) in [7, 11) is 0. The Balaban J connectivity index is 2.82. The van der Waals surface area contributed by atoms with Crippen LogP contribution in [0.3, 0.4) is 0 Å². The van der Waals surface area contributed by atoms with Crippen molar-refractivity contribution in [2.45, 2.75) is 13.8 Å². The number of nitrogens with one attached hydrogen (secondary N) is 1. The molecule has 1 N–H and O–H groups in total. The van der Waals surface area contributed by atoms with Gasteiger partial charge in [0.1, 0.15) is 0 Å². The van der Waals surface area contributed by atoms with E-state index in [-0.39, 0.29) is 5.91 Å². The van der Waals surface area contributed by atoms with Gasteiger partial charge in [-0.2, -0.15) is 0 Å². The number of halogens is 2. The zero-order valence-corrected chi connectivity index (χ0v) is 11.6. The van der Waals surface area contributed by atoms with Crippen LogP contribution < -0.4 is 5.32 Å². The molecular weight excluding hydrogens is 324 g/mol. The molecule has 0 spiro atoms. The quantitative estimate of drug-likeness (QED) is 0.842. The summed E-state index contributed by atoms with van der Waals surface area (Å²) in [6.07, 6.45) is 0. The highest BCUT2D eigenvalue weighted by atomic mass is 127. The van der Waals surface area contributed by atoms with Crippen LogP contribution in [-0.4, -0.2) is 12.5 Å². The molecule has 1 amide bonds. The van der Waals surface area contributed by atoms with Crippen molar-refractivity contribution >= 4 is 40.1 Å². The SMILES string of the molecule is CC(C)CNC(=O)c1c(Cl)cccc1I. The van der Waals surface area contributed by atoms with E-state index in [9.17, 15) is 4.79 Å². The largest absolute Gasteiger partial charge is 0.352 e. The minimum Gasteiger partial charge on any atom is -0.352 e. The Morgan fingerprint density at radius 2 is 2.20 bits per heavy atom. The van der Waals surface area contributed by atoms with Crippen molar-refractivity contribution in [2.24, 2.45) is 5.92 Å². The van der Waals surface area contributed by atoms with Gasteiger partial charge in [-0.3, -0.25) is 4.79 Å². The van der Waals surface area contributed by atoms with E-state index in [1.807, 2.05) is 12.1 Å². The average molecular weight is 338 g/mol. The summed E-state index contributed by atoms with van der Waals surface area (Å²) in [5.41, 5.74) is 0.570. The van der Waals surface area contributed by atoms with Crippen LogP contribution in [0.5, 0.6) is 0 Å². The minimum atomic E-state index is -0.0984. The molecule has 0 radical (unpaired) electrons. The summed E-state index contributed by atoms with van der Waals surface area (Å²) < 4.78 is 0.876. The Kier molecular flexibility index (Phi) is 4.86. The first-order valence-electron chi connectivity index (χ1n) is 4.74. The van der Waals surface area contributed by atoms with Crippen molar-refractivity contribution in [3.8, 4) is 0 Å². The maximum atomic E-state index is 11.8. The Labute approximate surface area is 109 Å². The number of carbonyl (C=O) groups excluding carboxylic acids is 1. The fraction of sp³-hybridized carbons (Fsp3) is 0.364. The van der Waals surface area contributed by atoms with Crippen LogP contribution in [0.25, 0.3) is 0 Å². The summed E-state index contributed by atoms with van der Waals surface area (Å²) in [6, 6.07) is 5.44. The van der Waals surface area contributed by atoms with Gasteiger partial charge < -0.3 is 5.32 Å². The van der Waals surface area contributed by atoms with Gasteiger partial charge in [0, 0.05) is 10.1 Å². The van der Waals surface area contributed by atoms with Gasteiger partial charge in [-0.1, -0.05) is 31.5 Å². The molecule has 0 fully saturated rings. The fourth-order valence-corrected chi connectivity index (χ4v) is 2.26. The second kappa shape index (κ2) is 5.70. The second-order valence-corrected chi connectivity index (χ2v) is 5.27. The molecule has 0 aromatic heterocycles. The van der Waals surface area contributed by atoms with Crippen molar-refractivity contribution in [2.75, 3.05) is 6.54 Å². The Hall–Kier alpha value is -0.290. The molecule has 0 bridgehead atoms. The van der Waals surface area contributed by atoms with Gasteiger partial charge in [0.2, 0.25) is 0 Å². The van der Waals surface area contributed by atoms with Crippen LogP contribution in [0, 0.1) is 9.49 Å². The molecule has 0 unspecified atom stereocenters. The molecule has 1 aromatic rings. The molecular formula is C11H13ClINO. The first-order chi connectivity index (χ1) is 7.02. The lowest BCUT2D eigenvalue weighted by Crippen LogP contribution is -2.28. The smallest absolute Gasteiger partial charge is 0.253 e.